The van der Waals surface area contributed by atoms with Crippen LogP contribution in [0.3, 0.4) is 0 Å². The van der Waals surface area contributed by atoms with Crippen molar-refractivity contribution in [2.24, 2.45) is 11.8 Å². The first kappa shape index (κ1) is 21.7. The first-order valence-corrected chi connectivity index (χ1v) is 11.9. The van der Waals surface area contributed by atoms with Gasteiger partial charge in [-0.25, -0.2) is 0 Å². The van der Waals surface area contributed by atoms with Gasteiger partial charge in [0, 0.05) is 20.8 Å². The number of rotatable bonds is 8. The van der Waals surface area contributed by atoms with E-state index in [0.29, 0.717) is 12.5 Å². The Hall–Kier alpha value is -1.04. The van der Waals surface area contributed by atoms with Crippen LogP contribution in [0.25, 0.3) is 0 Å². The highest BCUT2D eigenvalue weighted by Crippen LogP contribution is 2.48. The van der Waals surface area contributed by atoms with Crippen LogP contribution in [0.15, 0.2) is 30.3 Å². The maximum atomic E-state index is 13.2. The molecule has 0 aromatic heterocycles. The lowest BCUT2D eigenvalue weighted by atomic mass is 9.76. The van der Waals surface area contributed by atoms with Crippen LogP contribution < -0.4 is 0 Å². The van der Waals surface area contributed by atoms with Crippen molar-refractivity contribution in [3.05, 3.63) is 35.9 Å². The second-order valence-corrected chi connectivity index (χ2v) is 10.2. The number of ketones is 1. The predicted octanol–water partition coefficient (Wildman–Crippen LogP) is 4.44. The molecule has 3 rings (SSSR count). The van der Waals surface area contributed by atoms with Gasteiger partial charge in [0.25, 0.3) is 0 Å². The lowest BCUT2D eigenvalue weighted by Crippen LogP contribution is -2.43. The molecular formula is C21H32NO5P. The number of hydroxylamine groups is 2. The van der Waals surface area contributed by atoms with Crippen LogP contribution in [0.4, 0.5) is 0 Å². The number of carbonyl (C=O) groups is 1. The highest BCUT2D eigenvalue weighted by atomic mass is 31.2. The highest BCUT2D eigenvalue weighted by Gasteiger charge is 2.49. The van der Waals surface area contributed by atoms with Gasteiger partial charge in [-0.2, -0.15) is 5.06 Å². The van der Waals surface area contributed by atoms with Gasteiger partial charge < -0.3 is 9.05 Å². The summed E-state index contributed by atoms with van der Waals surface area (Å²) in [6, 6.07) is 10.2. The smallest absolute Gasteiger partial charge is 0.312 e. The first-order chi connectivity index (χ1) is 13.5. The molecule has 2 aliphatic rings. The summed E-state index contributed by atoms with van der Waals surface area (Å²) >= 11 is 0. The van der Waals surface area contributed by atoms with Crippen LogP contribution >= 0.6 is 7.60 Å². The Morgan fingerprint density at radius 3 is 2.39 bits per heavy atom. The molecule has 1 saturated carbocycles. The molecule has 1 saturated heterocycles. The molecule has 0 unspecified atom stereocenters. The van der Waals surface area contributed by atoms with Gasteiger partial charge in [0.15, 0.2) is 5.78 Å². The zero-order chi connectivity index (χ0) is 20.1. The largest absolute Gasteiger partial charge is 0.337 e. The van der Waals surface area contributed by atoms with Crippen LogP contribution in [-0.4, -0.2) is 43.4 Å². The summed E-state index contributed by atoms with van der Waals surface area (Å²) in [6.07, 6.45) is 5.35. The van der Waals surface area contributed by atoms with Crippen LogP contribution in [0.5, 0.6) is 0 Å². The lowest BCUT2D eigenvalue weighted by molar-refractivity contribution is -0.174. The van der Waals surface area contributed by atoms with Gasteiger partial charge in [0.05, 0.1) is 18.1 Å². The van der Waals surface area contributed by atoms with Crippen LogP contribution in [-0.2, 0) is 29.8 Å². The molecule has 0 bridgehead atoms. The third kappa shape index (κ3) is 4.92. The maximum absolute atomic E-state index is 13.2. The topological polar surface area (TPSA) is 65.1 Å². The van der Waals surface area contributed by atoms with Gasteiger partial charge in [-0.1, -0.05) is 49.6 Å². The predicted molar refractivity (Wildman–Crippen MR) is 108 cm³/mol. The average Bonchev–Trinajstić information content (AvgIpc) is 3.05. The molecule has 1 aromatic carbocycles. The van der Waals surface area contributed by atoms with Crippen molar-refractivity contribution in [2.45, 2.75) is 57.7 Å². The third-order valence-electron chi connectivity index (χ3n) is 6.10. The van der Waals surface area contributed by atoms with Crippen molar-refractivity contribution in [3.63, 3.8) is 0 Å². The fourth-order valence-corrected chi connectivity index (χ4v) is 5.67. The molecule has 1 heterocycles. The van der Waals surface area contributed by atoms with E-state index < -0.39 is 7.60 Å². The first-order valence-electron chi connectivity index (χ1n) is 10.2. The van der Waals surface area contributed by atoms with Crippen LogP contribution in [0, 0.1) is 11.8 Å². The van der Waals surface area contributed by atoms with Gasteiger partial charge in [-0.05, 0) is 31.2 Å². The quantitative estimate of drug-likeness (QED) is 0.592. The fraction of sp³-hybridized carbons (Fsp3) is 0.667. The maximum Gasteiger partial charge on any atom is 0.337 e. The molecule has 156 valence electrons. The molecule has 1 aliphatic heterocycles. The summed E-state index contributed by atoms with van der Waals surface area (Å²) in [5.74, 6) is -0.0167. The number of hydrogen-bond acceptors (Lipinski definition) is 6. The molecular weight excluding hydrogens is 377 g/mol. The van der Waals surface area contributed by atoms with Crippen LogP contribution in [0.1, 0.15) is 44.6 Å². The molecule has 3 atom stereocenters. The third-order valence-corrected chi connectivity index (χ3v) is 7.91. The second kappa shape index (κ2) is 9.64. The summed E-state index contributed by atoms with van der Waals surface area (Å²) in [5.41, 5.74) is 1.16. The Labute approximate surface area is 168 Å². The van der Waals surface area contributed by atoms with Gasteiger partial charge in [-0.3, -0.25) is 14.2 Å². The van der Waals surface area contributed by atoms with E-state index in [2.05, 4.69) is 12.1 Å². The molecule has 0 amide bonds. The van der Waals surface area contributed by atoms with E-state index in [9.17, 15) is 9.36 Å². The Bertz CT molecular complexity index is 683. The van der Waals surface area contributed by atoms with Gasteiger partial charge in [0.1, 0.15) is 6.16 Å². The van der Waals surface area contributed by atoms with Gasteiger partial charge in [0.2, 0.25) is 0 Å². The Kier molecular flexibility index (Phi) is 7.46. The summed E-state index contributed by atoms with van der Waals surface area (Å²) in [5, 5.41) is 2.00. The average molecular weight is 409 g/mol. The van der Waals surface area contributed by atoms with E-state index in [4.69, 9.17) is 13.9 Å². The summed E-state index contributed by atoms with van der Waals surface area (Å²) in [7, 11) is -0.741. The van der Waals surface area contributed by atoms with Crippen molar-refractivity contribution in [3.8, 4) is 0 Å². The van der Waals surface area contributed by atoms with Crippen molar-refractivity contribution in [1.29, 1.82) is 0 Å². The normalized spacial score (nSPS) is 27.2. The molecule has 6 nitrogen and oxygen atoms in total. The van der Waals surface area contributed by atoms with E-state index >= 15 is 0 Å². The van der Waals surface area contributed by atoms with Crippen molar-refractivity contribution in [1.82, 2.24) is 5.06 Å². The minimum atomic E-state index is -3.39. The lowest BCUT2D eigenvalue weighted by Gasteiger charge is -2.35. The van der Waals surface area contributed by atoms with E-state index in [-0.39, 0.29) is 30.0 Å². The molecule has 1 aromatic rings. The highest BCUT2D eigenvalue weighted by molar-refractivity contribution is 7.54. The van der Waals surface area contributed by atoms with Crippen molar-refractivity contribution in [2.75, 3.05) is 20.4 Å². The fourth-order valence-electron chi connectivity index (χ4n) is 4.67. The minimum Gasteiger partial charge on any atom is -0.312 e. The summed E-state index contributed by atoms with van der Waals surface area (Å²) in [4.78, 5) is 19.4. The zero-order valence-corrected chi connectivity index (χ0v) is 18.0. The number of benzene rings is 1. The Balaban J connectivity index is 1.84. The Morgan fingerprint density at radius 1 is 1.14 bits per heavy atom. The molecule has 0 spiro atoms. The molecule has 7 heteroatoms. The van der Waals surface area contributed by atoms with E-state index in [1.807, 2.05) is 30.2 Å². The molecule has 1 aliphatic carbocycles. The van der Waals surface area contributed by atoms with Gasteiger partial charge in [-0.15, -0.1) is 0 Å². The molecule has 0 N–H and O–H groups in total. The van der Waals surface area contributed by atoms with E-state index in [1.165, 1.54) is 33.5 Å². The van der Waals surface area contributed by atoms with Gasteiger partial charge >= 0.3 is 7.60 Å². The monoisotopic (exact) mass is 409 g/mol. The number of hydrogen-bond donors (Lipinski definition) is 0. The summed E-state index contributed by atoms with van der Waals surface area (Å²) < 4.78 is 22.6. The zero-order valence-electron chi connectivity index (χ0n) is 17.1. The molecule has 28 heavy (non-hydrogen) atoms. The van der Waals surface area contributed by atoms with E-state index in [1.54, 1.807) is 0 Å². The Morgan fingerprint density at radius 2 is 1.79 bits per heavy atom. The number of carbonyl (C=O) groups excluding carboxylic acids is 1. The minimum absolute atomic E-state index is 0.00910. The standard InChI is InChI=1S/C21H32NO5P/c1-16-20(19(23)15-28(24,25-2)26-3)21(18-12-8-5-9-13-18)22(27-16)14-17-10-6-4-7-11-17/h4,6-7,10-11,16,18,20-21H,5,8-9,12-15H2,1-3H3/t16-,20+,21+/m0/s1. The molecule has 0 radical (unpaired) electrons. The summed E-state index contributed by atoms with van der Waals surface area (Å²) in [6.45, 7) is 2.58. The second-order valence-electron chi connectivity index (χ2n) is 7.89. The number of Topliss-reactive ketones (excluding diaryl/α,β-unsaturated/α-hetero) is 1. The van der Waals surface area contributed by atoms with Crippen LogP contribution in [0.2, 0.25) is 0 Å². The van der Waals surface area contributed by atoms with Crippen molar-refractivity contribution < 1.29 is 23.2 Å². The van der Waals surface area contributed by atoms with E-state index in [0.717, 1.165) is 18.4 Å². The van der Waals surface area contributed by atoms with Crippen molar-refractivity contribution >= 4 is 13.4 Å². The SMILES string of the molecule is COP(=O)(CC(=O)[C@H]1[C@H](C)ON(Cc2ccccc2)[C@@H]1C1CCCCC1)OC. The molecule has 2 fully saturated rings. The number of nitrogens with zero attached hydrogens (tertiary/aromatic N) is 1.